The minimum atomic E-state index is -0.427. The Morgan fingerprint density at radius 3 is 2.53 bits per heavy atom. The summed E-state index contributed by atoms with van der Waals surface area (Å²) < 4.78 is 10.2. The molecule has 0 spiro atoms. The molecule has 0 radical (unpaired) electrons. The summed E-state index contributed by atoms with van der Waals surface area (Å²) in [6.07, 6.45) is 1.39. The first kappa shape index (κ1) is 12.9. The van der Waals surface area contributed by atoms with Crippen molar-refractivity contribution in [2.75, 3.05) is 12.8 Å². The molecule has 19 heavy (non-hydrogen) atoms. The van der Waals surface area contributed by atoms with Crippen LogP contribution in [0.4, 0.5) is 5.82 Å². The molecule has 2 N–H and O–H groups in total. The second-order valence-electron chi connectivity index (χ2n) is 3.90. The largest absolute Gasteiger partial charge is 0.497 e. The number of pyridine rings is 1. The van der Waals surface area contributed by atoms with E-state index in [4.69, 9.17) is 15.2 Å². The molecule has 0 aliphatic heterocycles. The first-order valence-electron chi connectivity index (χ1n) is 5.70. The van der Waals surface area contributed by atoms with Crippen LogP contribution in [-0.4, -0.2) is 18.1 Å². The van der Waals surface area contributed by atoms with Crippen molar-refractivity contribution in [2.45, 2.75) is 6.61 Å². The summed E-state index contributed by atoms with van der Waals surface area (Å²) in [5.74, 6) is 0.702. The highest BCUT2D eigenvalue weighted by Crippen LogP contribution is 2.12. The number of nitrogens with two attached hydrogens (primary N) is 1. The van der Waals surface area contributed by atoms with Crippen LogP contribution in [0.25, 0.3) is 0 Å². The van der Waals surface area contributed by atoms with Crippen molar-refractivity contribution in [3.8, 4) is 5.75 Å². The number of ether oxygens (including phenoxy) is 2. The zero-order valence-electron chi connectivity index (χ0n) is 10.5. The first-order valence-corrected chi connectivity index (χ1v) is 5.70. The molecule has 0 bridgehead atoms. The van der Waals surface area contributed by atoms with Gasteiger partial charge in [0.25, 0.3) is 0 Å². The number of hydrogen-bond donors (Lipinski definition) is 1. The molecule has 1 aromatic heterocycles. The molecule has 2 aromatic rings. The van der Waals surface area contributed by atoms with E-state index in [2.05, 4.69) is 4.98 Å². The van der Waals surface area contributed by atoms with Gasteiger partial charge in [-0.1, -0.05) is 12.1 Å². The molecule has 5 nitrogen and oxygen atoms in total. The molecule has 0 fully saturated rings. The van der Waals surface area contributed by atoms with Crippen LogP contribution in [0.15, 0.2) is 42.6 Å². The van der Waals surface area contributed by atoms with E-state index in [9.17, 15) is 4.79 Å². The highest BCUT2D eigenvalue weighted by molar-refractivity contribution is 5.89. The number of hydrogen-bond acceptors (Lipinski definition) is 5. The van der Waals surface area contributed by atoms with Gasteiger partial charge in [-0.2, -0.15) is 0 Å². The molecule has 0 aliphatic carbocycles. The highest BCUT2D eigenvalue weighted by atomic mass is 16.5. The zero-order chi connectivity index (χ0) is 13.7. The fraction of sp³-hybridized carbons (Fsp3) is 0.143. The summed E-state index contributed by atoms with van der Waals surface area (Å²) in [7, 11) is 1.60. The minimum absolute atomic E-state index is 0.202. The number of carbonyl (C=O) groups is 1. The summed E-state index contributed by atoms with van der Waals surface area (Å²) in [4.78, 5) is 15.6. The number of esters is 1. The Hall–Kier alpha value is -2.56. The van der Waals surface area contributed by atoms with E-state index in [0.29, 0.717) is 11.4 Å². The molecule has 0 amide bonds. The van der Waals surface area contributed by atoms with Crippen molar-refractivity contribution in [1.29, 1.82) is 0 Å². The molecule has 0 aliphatic rings. The molecule has 5 heteroatoms. The average Bonchev–Trinajstić information content (AvgIpc) is 2.46. The molecule has 1 heterocycles. The number of rotatable bonds is 4. The normalized spacial score (nSPS) is 9.95. The standard InChI is InChI=1S/C14H14N2O3/c1-18-12-5-2-10(3-6-12)9-19-14(17)11-4-7-13(15)16-8-11/h2-8H,9H2,1H3,(H2,15,16). The van der Waals surface area contributed by atoms with Gasteiger partial charge in [-0.25, -0.2) is 9.78 Å². The lowest BCUT2D eigenvalue weighted by molar-refractivity contribution is 0.0472. The quantitative estimate of drug-likeness (QED) is 0.849. The number of nitrogens with zero attached hydrogens (tertiary/aromatic N) is 1. The van der Waals surface area contributed by atoms with Gasteiger partial charge in [0.1, 0.15) is 18.2 Å². The van der Waals surface area contributed by atoms with Gasteiger partial charge in [-0.3, -0.25) is 0 Å². The maximum atomic E-state index is 11.7. The molecular formula is C14H14N2O3. The molecule has 0 atom stereocenters. The Morgan fingerprint density at radius 2 is 1.95 bits per heavy atom. The molecule has 0 saturated heterocycles. The van der Waals surface area contributed by atoms with Crippen LogP contribution in [0.2, 0.25) is 0 Å². The lowest BCUT2D eigenvalue weighted by atomic mass is 10.2. The Bertz CT molecular complexity index is 550. The van der Waals surface area contributed by atoms with E-state index in [1.807, 2.05) is 24.3 Å². The second kappa shape index (κ2) is 5.86. The predicted octanol–water partition coefficient (Wildman–Crippen LogP) is 2.03. The van der Waals surface area contributed by atoms with Gasteiger partial charge in [0.15, 0.2) is 0 Å². The minimum Gasteiger partial charge on any atom is -0.497 e. The van der Waals surface area contributed by atoms with Gasteiger partial charge in [0.05, 0.1) is 12.7 Å². The summed E-state index contributed by atoms with van der Waals surface area (Å²) in [5.41, 5.74) is 6.71. The number of nitrogen functional groups attached to an aromatic ring is 1. The van der Waals surface area contributed by atoms with Crippen LogP contribution in [-0.2, 0) is 11.3 Å². The highest BCUT2D eigenvalue weighted by Gasteiger charge is 2.07. The molecule has 1 aromatic carbocycles. The Kier molecular flexibility index (Phi) is 3.97. The lowest BCUT2D eigenvalue weighted by Crippen LogP contribution is -2.06. The van der Waals surface area contributed by atoms with Gasteiger partial charge in [0, 0.05) is 6.20 Å². The Balaban J connectivity index is 1.94. The molecule has 0 unspecified atom stereocenters. The van der Waals surface area contributed by atoms with E-state index in [-0.39, 0.29) is 6.61 Å². The van der Waals surface area contributed by atoms with Crippen molar-refractivity contribution < 1.29 is 14.3 Å². The molecule has 98 valence electrons. The maximum Gasteiger partial charge on any atom is 0.340 e. The van der Waals surface area contributed by atoms with Crippen LogP contribution in [0.1, 0.15) is 15.9 Å². The average molecular weight is 258 g/mol. The molecular weight excluding hydrogens is 244 g/mol. The van der Waals surface area contributed by atoms with Crippen LogP contribution in [0.5, 0.6) is 5.75 Å². The summed E-state index contributed by atoms with van der Waals surface area (Å²) >= 11 is 0. The van der Waals surface area contributed by atoms with Crippen molar-refractivity contribution in [2.24, 2.45) is 0 Å². The fourth-order valence-electron chi connectivity index (χ4n) is 1.48. The van der Waals surface area contributed by atoms with Gasteiger partial charge in [-0.05, 0) is 29.8 Å². The smallest absolute Gasteiger partial charge is 0.340 e. The van der Waals surface area contributed by atoms with Crippen LogP contribution < -0.4 is 10.5 Å². The second-order valence-corrected chi connectivity index (χ2v) is 3.90. The van der Waals surface area contributed by atoms with Gasteiger partial charge in [-0.15, -0.1) is 0 Å². The van der Waals surface area contributed by atoms with Crippen LogP contribution >= 0.6 is 0 Å². The third-order valence-corrected chi connectivity index (χ3v) is 2.55. The van der Waals surface area contributed by atoms with E-state index in [0.717, 1.165) is 11.3 Å². The summed E-state index contributed by atoms with van der Waals surface area (Å²) in [5, 5.41) is 0. The van der Waals surface area contributed by atoms with Crippen molar-refractivity contribution in [3.63, 3.8) is 0 Å². The number of methoxy groups -OCH3 is 1. The number of anilines is 1. The maximum absolute atomic E-state index is 11.7. The van der Waals surface area contributed by atoms with Crippen molar-refractivity contribution in [3.05, 3.63) is 53.7 Å². The van der Waals surface area contributed by atoms with Crippen molar-refractivity contribution in [1.82, 2.24) is 4.98 Å². The predicted molar refractivity (Wildman–Crippen MR) is 70.8 cm³/mol. The first-order chi connectivity index (χ1) is 9.19. The summed E-state index contributed by atoms with van der Waals surface area (Å²) in [6, 6.07) is 10.4. The van der Waals surface area contributed by atoms with Gasteiger partial charge in [0.2, 0.25) is 0 Å². The Morgan fingerprint density at radius 1 is 1.21 bits per heavy atom. The van der Waals surface area contributed by atoms with E-state index in [1.165, 1.54) is 6.20 Å². The van der Waals surface area contributed by atoms with Gasteiger partial charge >= 0.3 is 5.97 Å². The monoisotopic (exact) mass is 258 g/mol. The van der Waals surface area contributed by atoms with E-state index in [1.54, 1.807) is 19.2 Å². The number of aromatic nitrogens is 1. The van der Waals surface area contributed by atoms with E-state index < -0.39 is 5.97 Å². The third kappa shape index (κ3) is 3.45. The van der Waals surface area contributed by atoms with Gasteiger partial charge < -0.3 is 15.2 Å². The number of benzene rings is 1. The van der Waals surface area contributed by atoms with Crippen LogP contribution in [0.3, 0.4) is 0 Å². The Labute approximate surface area is 111 Å². The zero-order valence-corrected chi connectivity index (χ0v) is 10.5. The topological polar surface area (TPSA) is 74.4 Å². The fourth-order valence-corrected chi connectivity index (χ4v) is 1.48. The summed E-state index contributed by atoms with van der Waals surface area (Å²) in [6.45, 7) is 0.202. The van der Waals surface area contributed by atoms with Crippen LogP contribution in [0, 0.1) is 0 Å². The number of carbonyl (C=O) groups excluding carboxylic acids is 1. The van der Waals surface area contributed by atoms with Crippen molar-refractivity contribution >= 4 is 11.8 Å². The SMILES string of the molecule is COc1ccc(COC(=O)c2ccc(N)nc2)cc1. The molecule has 0 saturated carbocycles. The molecule has 2 rings (SSSR count). The lowest BCUT2D eigenvalue weighted by Gasteiger charge is -2.06. The van der Waals surface area contributed by atoms with E-state index >= 15 is 0 Å². The third-order valence-electron chi connectivity index (χ3n) is 2.55.